The van der Waals surface area contributed by atoms with Crippen molar-refractivity contribution in [2.75, 3.05) is 53.0 Å². The summed E-state index contributed by atoms with van der Waals surface area (Å²) in [5.41, 5.74) is 8.55. The van der Waals surface area contributed by atoms with Crippen LogP contribution in [0.25, 0.3) is 11.3 Å². The predicted molar refractivity (Wildman–Crippen MR) is 163 cm³/mol. The number of ether oxygens (including phenoxy) is 2. The lowest BCUT2D eigenvalue weighted by molar-refractivity contribution is 0.156. The van der Waals surface area contributed by atoms with Gasteiger partial charge in [0.25, 0.3) is 0 Å². The Bertz CT molecular complexity index is 1200. The second-order valence-corrected chi connectivity index (χ2v) is 11.8. The van der Waals surface area contributed by atoms with Gasteiger partial charge in [-0.2, -0.15) is 0 Å². The maximum atomic E-state index is 8.74. The highest BCUT2D eigenvalue weighted by Crippen LogP contribution is 2.33. The van der Waals surface area contributed by atoms with Gasteiger partial charge < -0.3 is 30.2 Å². The van der Waals surface area contributed by atoms with Crippen LogP contribution in [-0.4, -0.2) is 78.8 Å². The summed E-state index contributed by atoms with van der Waals surface area (Å²) in [7, 11) is 2.20. The molecular weight excluding hydrogens is 522 g/mol. The fraction of sp³-hybridized carbons (Fsp3) is 0.484. The van der Waals surface area contributed by atoms with Crippen molar-refractivity contribution in [1.82, 2.24) is 14.8 Å². The largest absolute Gasteiger partial charge is 0.494 e. The summed E-state index contributed by atoms with van der Waals surface area (Å²) in [6, 6.07) is 15.6. The van der Waals surface area contributed by atoms with Crippen LogP contribution in [0.4, 0.5) is 0 Å². The SMILES string of the molecule is CC(C)c1nc(-c2ccc(OCCCCCOc3ccc(/C(N)=N/O)cc3)cc2)c(CCN2CCN(C)CC2)s1. The number of likely N-dealkylation sites (N-methyl/N-ethyl adjacent to an activating group) is 1. The molecule has 0 spiro atoms. The molecule has 3 aromatic rings. The average Bonchev–Trinajstić information content (AvgIpc) is 3.41. The predicted octanol–water partition coefficient (Wildman–Crippen LogP) is 5.45. The van der Waals surface area contributed by atoms with E-state index in [1.54, 1.807) is 12.1 Å². The van der Waals surface area contributed by atoms with E-state index in [-0.39, 0.29) is 5.84 Å². The number of piperazine rings is 1. The highest BCUT2D eigenvalue weighted by atomic mass is 32.1. The van der Waals surface area contributed by atoms with E-state index in [2.05, 4.69) is 60.1 Å². The number of rotatable bonds is 14. The maximum absolute atomic E-state index is 8.74. The smallest absolute Gasteiger partial charge is 0.170 e. The Hall–Kier alpha value is -3.14. The molecule has 0 radical (unpaired) electrons. The number of thiazole rings is 1. The van der Waals surface area contributed by atoms with Gasteiger partial charge in [-0.05, 0) is 81.3 Å². The Morgan fingerprint density at radius 1 is 0.950 bits per heavy atom. The molecule has 2 heterocycles. The second kappa shape index (κ2) is 15.0. The monoisotopic (exact) mass is 565 g/mol. The summed E-state index contributed by atoms with van der Waals surface area (Å²) in [6.07, 6.45) is 3.98. The minimum atomic E-state index is 0.0889. The molecule has 3 N–H and O–H groups in total. The van der Waals surface area contributed by atoms with Crippen LogP contribution in [0, 0.1) is 0 Å². The van der Waals surface area contributed by atoms with Crippen molar-refractivity contribution in [3.63, 3.8) is 0 Å². The van der Waals surface area contributed by atoms with E-state index < -0.39 is 0 Å². The minimum Gasteiger partial charge on any atom is -0.494 e. The molecule has 4 rings (SSSR count). The summed E-state index contributed by atoms with van der Waals surface area (Å²) in [5.74, 6) is 2.19. The molecule has 216 valence electrons. The molecule has 1 aliphatic heterocycles. The van der Waals surface area contributed by atoms with Crippen LogP contribution >= 0.6 is 11.3 Å². The summed E-state index contributed by atoms with van der Waals surface area (Å²) in [6.45, 7) is 11.4. The van der Waals surface area contributed by atoms with Gasteiger partial charge in [-0.25, -0.2) is 4.98 Å². The Balaban J connectivity index is 1.20. The first-order valence-electron chi connectivity index (χ1n) is 14.3. The second-order valence-electron chi connectivity index (χ2n) is 10.7. The zero-order chi connectivity index (χ0) is 28.3. The van der Waals surface area contributed by atoms with Crippen LogP contribution in [-0.2, 0) is 6.42 Å². The number of aromatic nitrogens is 1. The highest BCUT2D eigenvalue weighted by Gasteiger charge is 2.18. The number of hydrogen-bond acceptors (Lipinski definition) is 8. The van der Waals surface area contributed by atoms with Crippen molar-refractivity contribution < 1.29 is 14.7 Å². The van der Waals surface area contributed by atoms with E-state index in [0.29, 0.717) is 24.7 Å². The Kier molecular flexibility index (Phi) is 11.2. The van der Waals surface area contributed by atoms with Gasteiger partial charge in [0.2, 0.25) is 0 Å². The van der Waals surface area contributed by atoms with Gasteiger partial charge in [-0.15, -0.1) is 11.3 Å². The van der Waals surface area contributed by atoms with Crippen molar-refractivity contribution in [1.29, 1.82) is 0 Å². The van der Waals surface area contributed by atoms with E-state index in [1.165, 1.54) is 15.4 Å². The van der Waals surface area contributed by atoms with Crippen LogP contribution in [0.2, 0.25) is 0 Å². The number of amidine groups is 1. The molecule has 1 aromatic heterocycles. The standard InChI is InChI=1S/C31H43N5O3S/c1-23(2)31-33-29(28(40-31)15-16-36-19-17-35(3)18-20-36)24-7-11-26(12-8-24)38-21-5-4-6-22-39-27-13-9-25(10-14-27)30(32)34-37/h7-14,23,37H,4-6,15-22H2,1-3H3,(H2,32,34). The zero-order valence-corrected chi connectivity index (χ0v) is 24.8. The molecule has 0 atom stereocenters. The molecule has 1 saturated heterocycles. The number of oxime groups is 1. The first-order valence-corrected chi connectivity index (χ1v) is 15.1. The fourth-order valence-corrected chi connectivity index (χ4v) is 5.67. The van der Waals surface area contributed by atoms with Crippen LogP contribution in [0.3, 0.4) is 0 Å². The lowest BCUT2D eigenvalue weighted by Gasteiger charge is -2.32. The van der Waals surface area contributed by atoms with E-state index in [1.807, 2.05) is 23.5 Å². The Morgan fingerprint density at radius 3 is 2.12 bits per heavy atom. The molecule has 0 amide bonds. The summed E-state index contributed by atoms with van der Waals surface area (Å²) in [4.78, 5) is 11.4. The number of nitrogens with zero attached hydrogens (tertiary/aromatic N) is 4. The molecule has 1 aliphatic rings. The first-order chi connectivity index (χ1) is 19.4. The highest BCUT2D eigenvalue weighted by molar-refractivity contribution is 7.12. The van der Waals surface area contributed by atoms with Crippen LogP contribution in [0.5, 0.6) is 11.5 Å². The molecule has 2 aromatic carbocycles. The Morgan fingerprint density at radius 2 is 1.55 bits per heavy atom. The third-order valence-corrected chi connectivity index (χ3v) is 8.59. The Labute approximate surface area is 242 Å². The van der Waals surface area contributed by atoms with Gasteiger partial charge >= 0.3 is 0 Å². The van der Waals surface area contributed by atoms with Gasteiger partial charge in [-0.1, -0.05) is 19.0 Å². The quantitative estimate of drug-likeness (QED) is 0.0883. The average molecular weight is 566 g/mol. The normalized spacial score (nSPS) is 15.1. The molecule has 1 fully saturated rings. The van der Waals surface area contributed by atoms with Crippen LogP contribution in [0.15, 0.2) is 53.7 Å². The lowest BCUT2D eigenvalue weighted by Crippen LogP contribution is -2.45. The first kappa shape index (κ1) is 29.8. The minimum absolute atomic E-state index is 0.0889. The van der Waals surface area contributed by atoms with Crippen LogP contribution in [0.1, 0.15) is 54.5 Å². The summed E-state index contributed by atoms with van der Waals surface area (Å²) < 4.78 is 11.8. The van der Waals surface area contributed by atoms with Crippen molar-refractivity contribution >= 4 is 17.2 Å². The maximum Gasteiger partial charge on any atom is 0.170 e. The summed E-state index contributed by atoms with van der Waals surface area (Å²) in [5, 5.41) is 13.0. The molecular formula is C31H43N5O3S. The van der Waals surface area contributed by atoms with Gasteiger partial charge in [0.05, 0.1) is 23.9 Å². The number of benzene rings is 2. The van der Waals surface area contributed by atoms with E-state index in [0.717, 1.165) is 75.6 Å². The number of unbranched alkanes of at least 4 members (excludes halogenated alkanes) is 2. The molecule has 0 unspecified atom stereocenters. The molecule has 40 heavy (non-hydrogen) atoms. The number of hydrogen-bond donors (Lipinski definition) is 2. The van der Waals surface area contributed by atoms with Crippen molar-refractivity contribution in [2.45, 2.75) is 45.4 Å². The third-order valence-electron chi connectivity index (χ3n) is 7.17. The van der Waals surface area contributed by atoms with Gasteiger partial charge in [0, 0.05) is 54.6 Å². The van der Waals surface area contributed by atoms with Crippen molar-refractivity contribution in [2.24, 2.45) is 10.9 Å². The third kappa shape index (κ3) is 8.68. The van der Waals surface area contributed by atoms with Crippen molar-refractivity contribution in [3.05, 3.63) is 64.0 Å². The lowest BCUT2D eigenvalue weighted by atomic mass is 10.1. The number of nitrogens with two attached hydrogens (primary N) is 1. The summed E-state index contributed by atoms with van der Waals surface area (Å²) >= 11 is 1.87. The van der Waals surface area contributed by atoms with Crippen molar-refractivity contribution in [3.8, 4) is 22.8 Å². The van der Waals surface area contributed by atoms with E-state index >= 15 is 0 Å². The fourth-order valence-electron chi connectivity index (χ4n) is 4.59. The van der Waals surface area contributed by atoms with E-state index in [4.69, 9.17) is 25.4 Å². The topological polar surface area (TPSA) is 96.4 Å². The van der Waals surface area contributed by atoms with Gasteiger partial charge in [0.15, 0.2) is 5.84 Å². The zero-order valence-electron chi connectivity index (χ0n) is 24.0. The molecule has 0 bridgehead atoms. The molecule has 0 saturated carbocycles. The molecule has 9 heteroatoms. The van der Waals surface area contributed by atoms with Crippen LogP contribution < -0.4 is 15.2 Å². The molecule has 0 aliphatic carbocycles. The van der Waals surface area contributed by atoms with Gasteiger partial charge in [0.1, 0.15) is 11.5 Å². The van der Waals surface area contributed by atoms with Gasteiger partial charge in [-0.3, -0.25) is 0 Å². The molecule has 8 nitrogen and oxygen atoms in total. The van der Waals surface area contributed by atoms with E-state index in [9.17, 15) is 0 Å².